The molecule has 0 aromatic heterocycles. The maximum Gasteiger partial charge on any atom is 0.102 e. The standard InChI is InChI=1S/2C18H15P.C5H5.ClH.Ru/c2*1-4-10-16(11-5-1)19(17-12-6-2-7-13-17)18-14-8-3-9-15-18;1-2-4-5-3-1;;/h2*1-15H;1-5H;1H;/q;;-1;;+2/p+1. The summed E-state index contributed by atoms with van der Waals surface area (Å²) in [6, 6.07) is 75.0. The molecule has 0 radical (unpaired) electrons. The predicted molar refractivity (Wildman–Crippen MR) is 201 cm³/mol. The smallest absolute Gasteiger partial charge is 0.102 e. The Morgan fingerprint density at radius 3 is 0.600 bits per heavy atom. The molecule has 0 atom stereocenters. The molecule has 7 rings (SSSR count). The first-order valence-corrected chi connectivity index (χ1v) is 20.0. The number of hydrogen-bond acceptors (Lipinski definition) is 0. The van der Waals surface area contributed by atoms with Gasteiger partial charge in [0, 0.05) is 0 Å². The van der Waals surface area contributed by atoms with E-state index >= 15 is 0 Å². The molecule has 0 amide bonds. The average molecular weight is 728 g/mol. The average Bonchev–Trinajstić information content (AvgIpc) is 3.74. The van der Waals surface area contributed by atoms with Crippen LogP contribution in [-0.4, -0.2) is 0 Å². The third kappa shape index (κ3) is 11.1. The largest absolute Gasteiger partial charge is 0.214 e. The molecule has 0 heterocycles. The van der Waals surface area contributed by atoms with E-state index in [1.54, 1.807) is 0 Å². The minimum absolute atomic E-state index is 0.877. The van der Waals surface area contributed by atoms with Gasteiger partial charge in [-0.15, -0.1) is 0 Å². The number of benzene rings is 6. The van der Waals surface area contributed by atoms with E-state index in [1.165, 1.54) is 31.8 Å². The molecule has 7 aromatic carbocycles. The Morgan fingerprint density at radius 1 is 0.289 bits per heavy atom. The van der Waals surface area contributed by atoms with Gasteiger partial charge in [-0.05, 0) is 72.8 Å². The maximum atomic E-state index is 4.57. The Bertz CT molecular complexity index is 1360. The Balaban J connectivity index is 0.000000169. The van der Waals surface area contributed by atoms with Crippen molar-refractivity contribution < 1.29 is 17.3 Å². The summed E-state index contributed by atoms with van der Waals surface area (Å²) in [5.41, 5.74) is 0. The second-order valence-electron chi connectivity index (χ2n) is 9.91. The molecule has 0 N–H and O–H groups in total. The van der Waals surface area contributed by atoms with E-state index in [0.29, 0.717) is 0 Å². The van der Waals surface area contributed by atoms with Crippen molar-refractivity contribution >= 4 is 57.4 Å². The van der Waals surface area contributed by atoms with Crippen molar-refractivity contribution in [2.45, 2.75) is 0 Å². The van der Waals surface area contributed by atoms with E-state index < -0.39 is 15.8 Å². The fraction of sp³-hybridized carbons (Fsp3) is 0. The molecule has 0 aliphatic rings. The molecule has 0 nitrogen and oxygen atoms in total. The zero-order chi connectivity index (χ0) is 31.4. The van der Waals surface area contributed by atoms with Gasteiger partial charge in [0.2, 0.25) is 0 Å². The molecule has 0 spiro atoms. The SMILES string of the molecule is [Cl][Ru+].c1cc[cH-]c1.c1ccc([PH+](c2ccccc2)c2ccccc2)cc1.c1ccc([PH+](c2ccccc2)c2ccccc2)cc1. The molecule has 0 fully saturated rings. The van der Waals surface area contributed by atoms with E-state index in [4.69, 9.17) is 0 Å². The molecule has 0 aliphatic heterocycles. The van der Waals surface area contributed by atoms with Crippen molar-refractivity contribution in [3.63, 3.8) is 0 Å². The molecular formula is C41H37ClP2Ru+2. The van der Waals surface area contributed by atoms with Crippen LogP contribution in [-0.2, 0) is 17.3 Å². The Morgan fingerprint density at radius 2 is 0.467 bits per heavy atom. The second-order valence-corrected chi connectivity index (χ2v) is 14.9. The van der Waals surface area contributed by atoms with Gasteiger partial charge in [0.25, 0.3) is 0 Å². The minimum atomic E-state index is -0.877. The van der Waals surface area contributed by atoms with E-state index in [0.717, 1.165) is 0 Å². The summed E-state index contributed by atoms with van der Waals surface area (Å²) in [7, 11) is 2.81. The monoisotopic (exact) mass is 728 g/mol. The van der Waals surface area contributed by atoms with Gasteiger partial charge in [-0.3, -0.25) is 0 Å². The maximum absolute atomic E-state index is 4.57. The first-order valence-electron chi connectivity index (χ1n) is 14.8. The predicted octanol–water partition coefficient (Wildman–Crippen LogP) is 8.45. The van der Waals surface area contributed by atoms with Crippen molar-refractivity contribution in [3.8, 4) is 0 Å². The summed E-state index contributed by atoms with van der Waals surface area (Å²) < 4.78 is 0. The summed E-state index contributed by atoms with van der Waals surface area (Å²) in [6.07, 6.45) is 0. The van der Waals surface area contributed by atoms with E-state index in [-0.39, 0.29) is 0 Å². The zero-order valence-electron chi connectivity index (χ0n) is 24.9. The van der Waals surface area contributed by atoms with Crippen LogP contribution >= 0.6 is 25.5 Å². The third-order valence-corrected chi connectivity index (χ3v) is 12.4. The van der Waals surface area contributed by atoms with Crippen molar-refractivity contribution in [2.24, 2.45) is 0 Å². The molecule has 0 aliphatic carbocycles. The topological polar surface area (TPSA) is 0 Å². The van der Waals surface area contributed by atoms with Crippen LogP contribution in [0.4, 0.5) is 0 Å². The fourth-order valence-corrected chi connectivity index (χ4v) is 10.1. The van der Waals surface area contributed by atoms with Crippen molar-refractivity contribution in [1.29, 1.82) is 0 Å². The Labute approximate surface area is 285 Å². The normalized spacial score (nSPS) is 9.96. The Hall–Kier alpha value is -3.56. The van der Waals surface area contributed by atoms with Crippen LogP contribution in [0.3, 0.4) is 0 Å². The first kappa shape index (κ1) is 34.3. The van der Waals surface area contributed by atoms with Gasteiger partial charge in [0.05, 0.1) is 15.8 Å². The summed E-state index contributed by atoms with van der Waals surface area (Å²) in [4.78, 5) is 0. The molecule has 4 heteroatoms. The third-order valence-electron chi connectivity index (χ3n) is 6.93. The summed E-state index contributed by atoms with van der Waals surface area (Å²) in [6.45, 7) is 0. The number of halogens is 1. The van der Waals surface area contributed by atoms with E-state index in [1.807, 2.05) is 47.6 Å². The van der Waals surface area contributed by atoms with Crippen LogP contribution in [0, 0.1) is 0 Å². The first-order chi connectivity index (χ1) is 22.4. The molecular weight excluding hydrogens is 691 g/mol. The van der Waals surface area contributed by atoms with Gasteiger partial charge < -0.3 is 0 Å². The van der Waals surface area contributed by atoms with Gasteiger partial charge in [0.15, 0.2) is 0 Å². The number of rotatable bonds is 6. The summed E-state index contributed by atoms with van der Waals surface area (Å²) >= 11 is 1.82. The molecule has 0 saturated carbocycles. The molecule has 7 aromatic rings. The Kier molecular flexibility index (Phi) is 15.6. The molecule has 224 valence electrons. The van der Waals surface area contributed by atoms with Crippen molar-refractivity contribution in [2.75, 3.05) is 0 Å². The van der Waals surface area contributed by atoms with Gasteiger partial charge in [-0.25, -0.2) is 12.1 Å². The number of hydrogen-bond donors (Lipinski definition) is 0. The second kappa shape index (κ2) is 20.5. The molecule has 0 bridgehead atoms. The van der Waals surface area contributed by atoms with Crippen molar-refractivity contribution in [1.82, 2.24) is 0 Å². The van der Waals surface area contributed by atoms with E-state index in [2.05, 4.69) is 192 Å². The van der Waals surface area contributed by atoms with Crippen molar-refractivity contribution in [3.05, 3.63) is 212 Å². The molecule has 0 saturated heterocycles. The van der Waals surface area contributed by atoms with Gasteiger partial charge >= 0.3 is 27.0 Å². The van der Waals surface area contributed by atoms with Crippen LogP contribution in [0.25, 0.3) is 0 Å². The minimum Gasteiger partial charge on any atom is -0.214 e. The van der Waals surface area contributed by atoms with Crippen LogP contribution in [0.5, 0.6) is 0 Å². The van der Waals surface area contributed by atoms with Gasteiger partial charge in [-0.1, -0.05) is 109 Å². The van der Waals surface area contributed by atoms with Crippen LogP contribution in [0.2, 0.25) is 0 Å². The summed E-state index contributed by atoms with van der Waals surface area (Å²) in [5, 5.41) is 8.61. The summed E-state index contributed by atoms with van der Waals surface area (Å²) in [5.74, 6) is 0. The van der Waals surface area contributed by atoms with Gasteiger partial charge in [0.1, 0.15) is 31.8 Å². The van der Waals surface area contributed by atoms with Crippen LogP contribution < -0.4 is 31.8 Å². The molecule has 0 unspecified atom stereocenters. The van der Waals surface area contributed by atoms with Crippen LogP contribution in [0.15, 0.2) is 212 Å². The molecule has 45 heavy (non-hydrogen) atoms. The quantitative estimate of drug-likeness (QED) is 0.0917. The fourth-order valence-electron chi connectivity index (χ4n) is 4.95. The van der Waals surface area contributed by atoms with Crippen LogP contribution in [0.1, 0.15) is 0 Å². The van der Waals surface area contributed by atoms with E-state index in [9.17, 15) is 0 Å². The van der Waals surface area contributed by atoms with Gasteiger partial charge in [-0.2, -0.15) is 18.2 Å². The zero-order valence-corrected chi connectivity index (χ0v) is 29.4.